The summed E-state index contributed by atoms with van der Waals surface area (Å²) in [7, 11) is 1.61. The molecule has 1 aliphatic rings. The minimum Gasteiger partial charge on any atom is -0.497 e. The molecule has 198 valence electrons. The molecule has 1 fully saturated rings. The van der Waals surface area contributed by atoms with Gasteiger partial charge < -0.3 is 19.2 Å². The second-order valence-electron chi connectivity index (χ2n) is 9.92. The van der Waals surface area contributed by atoms with Crippen LogP contribution in [0.1, 0.15) is 62.6 Å². The Morgan fingerprint density at radius 3 is 2.32 bits per heavy atom. The van der Waals surface area contributed by atoms with Gasteiger partial charge in [0.2, 0.25) is 5.91 Å². The number of rotatable bonds is 12. The molecule has 4 rings (SSSR count). The third kappa shape index (κ3) is 5.99. The van der Waals surface area contributed by atoms with Crippen molar-refractivity contribution in [1.82, 2.24) is 9.80 Å². The molecule has 0 spiro atoms. The molecular formula is C30H38N2O5. The second kappa shape index (κ2) is 12.3. The summed E-state index contributed by atoms with van der Waals surface area (Å²) >= 11 is 0. The van der Waals surface area contributed by atoms with Gasteiger partial charge in [0.05, 0.1) is 25.8 Å². The van der Waals surface area contributed by atoms with Gasteiger partial charge in [-0.1, -0.05) is 51.0 Å². The van der Waals surface area contributed by atoms with Crippen LogP contribution in [-0.2, 0) is 9.59 Å². The number of amides is 1. The first-order valence-electron chi connectivity index (χ1n) is 13.3. The number of carboxylic acids is 1. The van der Waals surface area contributed by atoms with Crippen molar-refractivity contribution in [1.29, 1.82) is 0 Å². The highest BCUT2D eigenvalue weighted by Gasteiger charge is 2.48. The van der Waals surface area contributed by atoms with Gasteiger partial charge in [0.15, 0.2) is 0 Å². The highest BCUT2D eigenvalue weighted by atomic mass is 16.5. The number of hydrogen-bond acceptors (Lipinski definition) is 5. The van der Waals surface area contributed by atoms with Crippen LogP contribution in [0.2, 0.25) is 0 Å². The minimum atomic E-state index is -0.867. The number of nitrogens with zero attached hydrogens (tertiary/aromatic N) is 2. The number of carbonyl (C=O) groups excluding carboxylic acids is 1. The monoisotopic (exact) mass is 506 g/mol. The number of carbonyl (C=O) groups is 2. The number of ether oxygens (including phenoxy) is 1. The molecule has 3 atom stereocenters. The molecule has 1 saturated heterocycles. The molecule has 0 radical (unpaired) electrons. The topological polar surface area (TPSA) is 83.2 Å². The summed E-state index contributed by atoms with van der Waals surface area (Å²) in [6.45, 7) is 6.38. The molecular weight excluding hydrogens is 468 g/mol. The fourth-order valence-corrected chi connectivity index (χ4v) is 5.46. The SMILES string of the molecule is CCCCN(CCCC)C(=O)CN1C[C@H](c2ccc3ccoc3c2)[C@H](C(=O)O)[C@H]1c1ccc(OC)cc1. The predicted octanol–water partition coefficient (Wildman–Crippen LogP) is 5.71. The molecule has 1 amide bonds. The number of aliphatic carboxylic acids is 1. The molecule has 2 aromatic carbocycles. The summed E-state index contributed by atoms with van der Waals surface area (Å²) in [5.74, 6) is -1.10. The van der Waals surface area contributed by atoms with Crippen LogP contribution in [-0.4, -0.2) is 60.1 Å². The van der Waals surface area contributed by atoms with Crippen LogP contribution in [0.4, 0.5) is 0 Å². The van der Waals surface area contributed by atoms with Crippen LogP contribution < -0.4 is 4.74 Å². The van der Waals surface area contributed by atoms with Crippen molar-refractivity contribution in [3.05, 3.63) is 65.9 Å². The van der Waals surface area contributed by atoms with Crippen molar-refractivity contribution in [2.24, 2.45) is 5.92 Å². The maximum atomic E-state index is 13.5. The fourth-order valence-electron chi connectivity index (χ4n) is 5.46. The summed E-state index contributed by atoms with van der Waals surface area (Å²) in [6.07, 6.45) is 5.60. The zero-order valence-electron chi connectivity index (χ0n) is 22.1. The molecule has 7 nitrogen and oxygen atoms in total. The van der Waals surface area contributed by atoms with Gasteiger partial charge in [-0.15, -0.1) is 0 Å². The first-order valence-corrected chi connectivity index (χ1v) is 13.3. The number of carboxylic acid groups (broad SMARTS) is 1. The molecule has 1 aliphatic heterocycles. The van der Waals surface area contributed by atoms with Crippen molar-refractivity contribution in [3.63, 3.8) is 0 Å². The lowest BCUT2D eigenvalue weighted by atomic mass is 9.82. The van der Waals surface area contributed by atoms with E-state index in [4.69, 9.17) is 9.15 Å². The summed E-state index contributed by atoms with van der Waals surface area (Å²) in [5, 5.41) is 11.5. The van der Waals surface area contributed by atoms with Gasteiger partial charge >= 0.3 is 5.97 Å². The Morgan fingerprint density at radius 2 is 1.70 bits per heavy atom. The molecule has 1 N–H and O–H groups in total. The van der Waals surface area contributed by atoms with Crippen LogP contribution in [0.3, 0.4) is 0 Å². The maximum absolute atomic E-state index is 13.5. The summed E-state index contributed by atoms with van der Waals surface area (Å²) < 4.78 is 10.9. The zero-order chi connectivity index (χ0) is 26.4. The number of fused-ring (bicyclic) bond motifs is 1. The van der Waals surface area contributed by atoms with Gasteiger partial charge in [0.1, 0.15) is 11.3 Å². The largest absolute Gasteiger partial charge is 0.497 e. The van der Waals surface area contributed by atoms with Crippen molar-refractivity contribution in [3.8, 4) is 5.75 Å². The van der Waals surface area contributed by atoms with E-state index in [1.807, 2.05) is 53.4 Å². The smallest absolute Gasteiger partial charge is 0.309 e. The molecule has 0 unspecified atom stereocenters. The maximum Gasteiger partial charge on any atom is 0.309 e. The summed E-state index contributed by atoms with van der Waals surface area (Å²) in [4.78, 5) is 30.3. The Hall–Kier alpha value is -3.32. The summed E-state index contributed by atoms with van der Waals surface area (Å²) in [5.41, 5.74) is 2.52. The Balaban J connectivity index is 1.69. The normalized spacial score (nSPS) is 19.8. The van der Waals surface area contributed by atoms with E-state index in [9.17, 15) is 14.7 Å². The zero-order valence-corrected chi connectivity index (χ0v) is 22.1. The van der Waals surface area contributed by atoms with E-state index < -0.39 is 17.9 Å². The fraction of sp³-hybridized carbons (Fsp3) is 0.467. The van der Waals surface area contributed by atoms with Gasteiger partial charge in [-0.2, -0.15) is 0 Å². The van der Waals surface area contributed by atoms with Gasteiger partial charge in [0, 0.05) is 37.0 Å². The Morgan fingerprint density at radius 1 is 1.03 bits per heavy atom. The van der Waals surface area contributed by atoms with E-state index in [1.54, 1.807) is 13.4 Å². The van der Waals surface area contributed by atoms with Crippen LogP contribution in [0, 0.1) is 5.92 Å². The van der Waals surface area contributed by atoms with Crippen molar-refractivity contribution in [2.75, 3.05) is 33.3 Å². The van der Waals surface area contributed by atoms with E-state index in [1.165, 1.54) is 0 Å². The highest BCUT2D eigenvalue weighted by Crippen LogP contribution is 2.46. The molecule has 1 aromatic heterocycles. The first-order chi connectivity index (χ1) is 18.0. The van der Waals surface area contributed by atoms with Gasteiger partial charge in [-0.3, -0.25) is 14.5 Å². The quantitative estimate of drug-likeness (QED) is 0.339. The number of furan rings is 1. The molecule has 7 heteroatoms. The molecule has 37 heavy (non-hydrogen) atoms. The second-order valence-corrected chi connectivity index (χ2v) is 9.92. The molecule has 2 heterocycles. The van der Waals surface area contributed by atoms with E-state index in [-0.39, 0.29) is 18.4 Å². The number of benzene rings is 2. The lowest BCUT2D eigenvalue weighted by molar-refractivity contribution is -0.144. The van der Waals surface area contributed by atoms with E-state index in [2.05, 4.69) is 18.7 Å². The van der Waals surface area contributed by atoms with E-state index >= 15 is 0 Å². The van der Waals surface area contributed by atoms with Gasteiger partial charge in [-0.05, 0) is 48.2 Å². The average molecular weight is 507 g/mol. The average Bonchev–Trinajstić information content (AvgIpc) is 3.53. The lowest BCUT2D eigenvalue weighted by Gasteiger charge is -2.30. The third-order valence-corrected chi connectivity index (χ3v) is 7.50. The molecule has 0 aliphatic carbocycles. The molecule has 3 aromatic rings. The van der Waals surface area contributed by atoms with Crippen LogP contribution in [0.25, 0.3) is 11.0 Å². The van der Waals surface area contributed by atoms with Crippen molar-refractivity contribution < 1.29 is 23.8 Å². The number of unbranched alkanes of at least 4 members (excludes halogenated alkanes) is 2. The first kappa shape index (κ1) is 26.7. The summed E-state index contributed by atoms with van der Waals surface area (Å²) in [6, 6.07) is 14.9. The lowest BCUT2D eigenvalue weighted by Crippen LogP contribution is -2.42. The van der Waals surface area contributed by atoms with Gasteiger partial charge in [0.25, 0.3) is 0 Å². The van der Waals surface area contributed by atoms with Crippen LogP contribution >= 0.6 is 0 Å². The van der Waals surface area contributed by atoms with Crippen molar-refractivity contribution in [2.45, 2.75) is 51.5 Å². The van der Waals surface area contributed by atoms with Gasteiger partial charge in [-0.25, -0.2) is 0 Å². The Labute approximate surface area is 219 Å². The number of hydrogen-bond donors (Lipinski definition) is 1. The van der Waals surface area contributed by atoms with Crippen molar-refractivity contribution >= 4 is 22.8 Å². The standard InChI is InChI=1S/C30H38N2O5/c1-4-6-15-31(16-7-5-2)27(33)20-32-19-25(23-9-8-21-14-17-37-26(21)18-23)28(30(34)35)29(32)22-10-12-24(36-3)13-11-22/h8-14,17-18,25,28-29H,4-7,15-16,19-20H2,1-3H3,(H,34,35)/t25-,28+,29-/m1/s1. The minimum absolute atomic E-state index is 0.0617. The highest BCUT2D eigenvalue weighted by molar-refractivity contribution is 5.80. The molecule has 0 bridgehead atoms. The van der Waals surface area contributed by atoms with Crippen LogP contribution in [0.5, 0.6) is 5.75 Å². The Kier molecular flexibility index (Phi) is 8.87. The van der Waals surface area contributed by atoms with E-state index in [0.29, 0.717) is 12.3 Å². The van der Waals surface area contributed by atoms with E-state index in [0.717, 1.165) is 60.9 Å². The number of likely N-dealkylation sites (tertiary alicyclic amines) is 1. The third-order valence-electron chi connectivity index (χ3n) is 7.50. The molecule has 0 saturated carbocycles. The number of methoxy groups -OCH3 is 1. The Bertz CT molecular complexity index is 1180. The van der Waals surface area contributed by atoms with Crippen LogP contribution in [0.15, 0.2) is 59.2 Å². The predicted molar refractivity (Wildman–Crippen MR) is 144 cm³/mol.